The number of carbonyl (C=O) groups is 3. The van der Waals surface area contributed by atoms with Crippen molar-refractivity contribution in [3.05, 3.63) is 107 Å². The van der Waals surface area contributed by atoms with Crippen molar-refractivity contribution >= 4 is 23.4 Å². The molecule has 0 aliphatic heterocycles. The number of methoxy groups -OCH3 is 1. The Labute approximate surface area is 254 Å². The molecule has 45 heavy (non-hydrogen) atoms. The smallest absolute Gasteiger partial charge is 0.419 e. The van der Waals surface area contributed by atoms with Gasteiger partial charge in [0.1, 0.15) is 17.4 Å². The maximum Gasteiger partial charge on any atom is 0.419 e. The van der Waals surface area contributed by atoms with E-state index in [4.69, 9.17) is 10.5 Å². The van der Waals surface area contributed by atoms with Gasteiger partial charge in [0.2, 0.25) is 11.8 Å². The SMILES string of the molecule is C=C/C=C1\C2CCC1[C@H](C(=O)Nc1ccc(F)c(C(F)(F)F)c1)[C@@H]2NC(=O)c1cc(-c2cc(C(N)=O)ccc2F)ccc1OC. The Morgan fingerprint density at radius 2 is 1.69 bits per heavy atom. The van der Waals surface area contributed by atoms with Gasteiger partial charge >= 0.3 is 6.18 Å². The van der Waals surface area contributed by atoms with Crippen LogP contribution in [0.25, 0.3) is 11.1 Å². The van der Waals surface area contributed by atoms with E-state index < -0.39 is 53.1 Å². The van der Waals surface area contributed by atoms with E-state index in [2.05, 4.69) is 17.2 Å². The van der Waals surface area contributed by atoms with Crippen LogP contribution in [0.5, 0.6) is 5.75 Å². The molecule has 3 amide bonds. The molecule has 0 heterocycles. The van der Waals surface area contributed by atoms with Crippen molar-refractivity contribution < 1.29 is 41.1 Å². The Kier molecular flexibility index (Phi) is 8.51. The third kappa shape index (κ3) is 6.04. The number of allylic oxidation sites excluding steroid dienone is 2. The molecule has 4 N–H and O–H groups in total. The van der Waals surface area contributed by atoms with E-state index in [0.29, 0.717) is 25.0 Å². The highest BCUT2D eigenvalue weighted by Crippen LogP contribution is 2.53. The van der Waals surface area contributed by atoms with Crippen molar-refractivity contribution in [3.8, 4) is 16.9 Å². The summed E-state index contributed by atoms with van der Waals surface area (Å²) < 4.78 is 73.9. The van der Waals surface area contributed by atoms with Gasteiger partial charge < -0.3 is 21.1 Å². The number of hydrogen-bond acceptors (Lipinski definition) is 4. The Hall–Kier alpha value is -5.00. The summed E-state index contributed by atoms with van der Waals surface area (Å²) in [5.41, 5.74) is 4.82. The summed E-state index contributed by atoms with van der Waals surface area (Å²) in [6, 6.07) is 9.37. The van der Waals surface area contributed by atoms with Crippen LogP contribution in [0.3, 0.4) is 0 Å². The Bertz CT molecular complexity index is 1740. The van der Waals surface area contributed by atoms with E-state index in [1.54, 1.807) is 12.2 Å². The zero-order chi connectivity index (χ0) is 32.6. The summed E-state index contributed by atoms with van der Waals surface area (Å²) in [5, 5.41) is 5.39. The van der Waals surface area contributed by atoms with Crippen molar-refractivity contribution in [3.63, 3.8) is 0 Å². The molecule has 5 rings (SSSR count). The number of nitrogens with two attached hydrogens (primary N) is 1. The normalized spacial score (nSPS) is 21.4. The van der Waals surface area contributed by atoms with Gasteiger partial charge in [0.15, 0.2) is 0 Å². The van der Waals surface area contributed by atoms with Gasteiger partial charge in [0, 0.05) is 28.8 Å². The second-order valence-corrected chi connectivity index (χ2v) is 10.9. The average molecular weight is 626 g/mol. The molecule has 2 aliphatic carbocycles. The molecule has 0 saturated heterocycles. The summed E-state index contributed by atoms with van der Waals surface area (Å²) in [5.74, 6) is -5.51. The van der Waals surface area contributed by atoms with Crippen LogP contribution in [0.2, 0.25) is 0 Å². The summed E-state index contributed by atoms with van der Waals surface area (Å²) in [6.07, 6.45) is -0.400. The summed E-state index contributed by atoms with van der Waals surface area (Å²) in [4.78, 5) is 39.1. The predicted octanol–water partition coefficient (Wildman–Crippen LogP) is 6.26. The lowest BCUT2D eigenvalue weighted by atomic mass is 9.83. The lowest BCUT2D eigenvalue weighted by Crippen LogP contribution is -2.48. The van der Waals surface area contributed by atoms with Crippen molar-refractivity contribution in [2.45, 2.75) is 25.1 Å². The molecular formula is C33H28F5N3O4. The van der Waals surface area contributed by atoms with E-state index in [9.17, 15) is 36.3 Å². The zero-order valence-corrected chi connectivity index (χ0v) is 23.9. The maximum atomic E-state index is 14.8. The predicted molar refractivity (Wildman–Crippen MR) is 156 cm³/mol. The lowest BCUT2D eigenvalue weighted by Gasteiger charge is -2.30. The Balaban J connectivity index is 1.47. The fourth-order valence-electron chi connectivity index (χ4n) is 6.39. The number of primary amides is 1. The second-order valence-electron chi connectivity index (χ2n) is 10.9. The number of nitrogens with one attached hydrogen (secondary N) is 2. The summed E-state index contributed by atoms with van der Waals surface area (Å²) in [6.45, 7) is 3.74. The molecule has 2 aliphatic rings. The third-order valence-corrected chi connectivity index (χ3v) is 8.35. The van der Waals surface area contributed by atoms with Gasteiger partial charge in [0.05, 0.1) is 24.2 Å². The van der Waals surface area contributed by atoms with Gasteiger partial charge in [0.25, 0.3) is 5.91 Å². The van der Waals surface area contributed by atoms with E-state index in [-0.39, 0.29) is 45.5 Å². The summed E-state index contributed by atoms with van der Waals surface area (Å²) >= 11 is 0. The van der Waals surface area contributed by atoms with Gasteiger partial charge in [-0.15, -0.1) is 0 Å². The quantitative estimate of drug-likeness (QED) is 0.257. The molecule has 2 unspecified atom stereocenters. The van der Waals surface area contributed by atoms with Crippen LogP contribution < -0.4 is 21.1 Å². The molecule has 3 aromatic carbocycles. The van der Waals surface area contributed by atoms with Crippen LogP contribution in [-0.2, 0) is 11.0 Å². The van der Waals surface area contributed by atoms with Crippen LogP contribution in [0.15, 0.2) is 78.9 Å². The first-order valence-electron chi connectivity index (χ1n) is 13.9. The minimum absolute atomic E-state index is 0.0170. The molecule has 0 radical (unpaired) electrons. The highest BCUT2D eigenvalue weighted by atomic mass is 19.4. The van der Waals surface area contributed by atoms with Crippen LogP contribution in [0.4, 0.5) is 27.6 Å². The fraction of sp³-hybridized carbons (Fsp3) is 0.242. The molecule has 234 valence electrons. The van der Waals surface area contributed by atoms with E-state index in [1.165, 1.54) is 37.4 Å². The van der Waals surface area contributed by atoms with Gasteiger partial charge in [-0.25, -0.2) is 8.78 Å². The molecule has 2 fully saturated rings. The fourth-order valence-corrected chi connectivity index (χ4v) is 6.39. The van der Waals surface area contributed by atoms with Crippen molar-refractivity contribution in [2.75, 3.05) is 12.4 Å². The van der Waals surface area contributed by atoms with Gasteiger partial charge in [-0.2, -0.15) is 13.2 Å². The number of amides is 3. The zero-order valence-electron chi connectivity index (χ0n) is 23.9. The Morgan fingerprint density at radius 1 is 0.978 bits per heavy atom. The van der Waals surface area contributed by atoms with E-state index in [0.717, 1.165) is 17.7 Å². The monoisotopic (exact) mass is 625 g/mol. The third-order valence-electron chi connectivity index (χ3n) is 8.35. The number of rotatable bonds is 8. The van der Waals surface area contributed by atoms with Gasteiger partial charge in [-0.05, 0) is 72.9 Å². The molecular weight excluding hydrogens is 597 g/mol. The minimum Gasteiger partial charge on any atom is -0.496 e. The first-order chi connectivity index (χ1) is 21.3. The minimum atomic E-state index is -4.97. The van der Waals surface area contributed by atoms with Crippen LogP contribution in [0, 0.1) is 29.4 Å². The number of ether oxygens (including phenoxy) is 1. The molecule has 4 atom stereocenters. The highest BCUT2D eigenvalue weighted by Gasteiger charge is 2.54. The number of carbonyl (C=O) groups excluding carboxylic acids is 3. The lowest BCUT2D eigenvalue weighted by molar-refractivity contribution is -0.140. The van der Waals surface area contributed by atoms with Gasteiger partial charge in [-0.1, -0.05) is 30.4 Å². The molecule has 12 heteroatoms. The number of anilines is 1. The highest BCUT2D eigenvalue weighted by molar-refractivity contribution is 6.00. The molecule has 2 bridgehead atoms. The Morgan fingerprint density at radius 3 is 2.36 bits per heavy atom. The summed E-state index contributed by atoms with van der Waals surface area (Å²) in [7, 11) is 1.34. The van der Waals surface area contributed by atoms with Crippen LogP contribution >= 0.6 is 0 Å². The number of fused-ring (bicyclic) bond motifs is 2. The molecule has 3 aromatic rings. The molecule has 7 nitrogen and oxygen atoms in total. The van der Waals surface area contributed by atoms with E-state index >= 15 is 0 Å². The number of halogens is 5. The average Bonchev–Trinajstić information content (AvgIpc) is 3.52. The van der Waals surface area contributed by atoms with Crippen molar-refractivity contribution in [1.29, 1.82) is 0 Å². The van der Waals surface area contributed by atoms with Crippen molar-refractivity contribution in [2.24, 2.45) is 23.5 Å². The molecule has 0 spiro atoms. The van der Waals surface area contributed by atoms with Gasteiger partial charge in [-0.3, -0.25) is 14.4 Å². The van der Waals surface area contributed by atoms with Crippen molar-refractivity contribution in [1.82, 2.24) is 5.32 Å². The second kappa shape index (κ2) is 12.2. The number of hydrogen-bond donors (Lipinski definition) is 3. The first kappa shape index (κ1) is 31.4. The maximum absolute atomic E-state index is 14.8. The number of benzene rings is 3. The standard InChI is InChI=1S/C33H28F5N3O4/c1-3-4-19-20-8-9-21(19)29(28(20)32(44)40-18-7-11-26(35)24(15-18)33(36,37)38)41-31(43)23-13-16(6-12-27(23)45-2)22-14-17(30(39)42)5-10-25(22)34/h3-7,10-15,20-21,28-29H,1,8-9H2,2H3,(H2,39,42)(H,40,44)(H,41,43)/b19-4-/t20?,21?,28-,29+/m0/s1. The number of alkyl halides is 3. The molecule has 0 aromatic heterocycles. The van der Waals surface area contributed by atoms with Crippen LogP contribution in [0.1, 0.15) is 39.1 Å². The first-order valence-corrected chi connectivity index (χ1v) is 13.9. The largest absolute Gasteiger partial charge is 0.496 e. The van der Waals surface area contributed by atoms with E-state index in [1.807, 2.05) is 0 Å². The van der Waals surface area contributed by atoms with Crippen LogP contribution in [-0.4, -0.2) is 30.9 Å². The topological polar surface area (TPSA) is 111 Å². The molecule has 2 saturated carbocycles.